The fraction of sp³-hybridized carbons (Fsp3) is 0.750. The van der Waals surface area contributed by atoms with Crippen LogP contribution in [0.25, 0.3) is 0 Å². The van der Waals surface area contributed by atoms with Gasteiger partial charge in [-0.15, -0.1) is 0 Å². The minimum Gasteiger partial charge on any atom is -0.396 e. The molecule has 1 N–H and O–H groups in total. The Morgan fingerprint density at radius 3 is 2.87 bits per heavy atom. The van der Waals surface area contributed by atoms with Crippen LogP contribution in [-0.2, 0) is 19.4 Å². The van der Waals surface area contributed by atoms with Gasteiger partial charge in [0, 0.05) is 31.7 Å². The van der Waals surface area contributed by atoms with Crippen molar-refractivity contribution in [1.29, 1.82) is 0 Å². The van der Waals surface area contributed by atoms with Gasteiger partial charge in [-0.05, 0) is 18.8 Å². The lowest BCUT2D eigenvalue weighted by molar-refractivity contribution is 0.294. The molecule has 2 rings (SSSR count). The number of fused-ring (bicyclic) bond motifs is 1. The van der Waals surface area contributed by atoms with Gasteiger partial charge in [-0.25, -0.2) is 4.98 Å². The van der Waals surface area contributed by atoms with Gasteiger partial charge in [0.1, 0.15) is 5.82 Å². The van der Waals surface area contributed by atoms with E-state index >= 15 is 0 Å². The molecule has 0 aromatic carbocycles. The van der Waals surface area contributed by atoms with Crippen molar-refractivity contribution in [1.82, 2.24) is 9.55 Å². The monoisotopic (exact) mass is 208 g/mol. The molecule has 1 aliphatic heterocycles. The SMILES string of the molecule is CC(C)c1nc2n(c1CCO)CCCC2. The Morgan fingerprint density at radius 2 is 2.20 bits per heavy atom. The molecule has 1 aromatic heterocycles. The number of nitrogens with zero attached hydrogens (tertiary/aromatic N) is 2. The summed E-state index contributed by atoms with van der Waals surface area (Å²) in [4.78, 5) is 4.72. The van der Waals surface area contributed by atoms with Crippen LogP contribution >= 0.6 is 0 Å². The topological polar surface area (TPSA) is 38.0 Å². The van der Waals surface area contributed by atoms with Crippen LogP contribution in [0, 0.1) is 0 Å². The second kappa shape index (κ2) is 4.35. The van der Waals surface area contributed by atoms with Gasteiger partial charge in [0.05, 0.1) is 5.69 Å². The van der Waals surface area contributed by atoms with Gasteiger partial charge in [0.25, 0.3) is 0 Å². The molecular formula is C12H20N2O. The molecule has 3 nitrogen and oxygen atoms in total. The summed E-state index contributed by atoms with van der Waals surface area (Å²) in [5.74, 6) is 1.69. The predicted molar refractivity (Wildman–Crippen MR) is 60.0 cm³/mol. The van der Waals surface area contributed by atoms with Crippen molar-refractivity contribution < 1.29 is 5.11 Å². The predicted octanol–water partition coefficient (Wildman–Crippen LogP) is 1.88. The Hall–Kier alpha value is -0.830. The first-order chi connectivity index (χ1) is 7.24. The summed E-state index contributed by atoms with van der Waals surface area (Å²) < 4.78 is 2.33. The third-order valence-electron chi connectivity index (χ3n) is 3.11. The zero-order valence-electron chi connectivity index (χ0n) is 9.66. The lowest BCUT2D eigenvalue weighted by Gasteiger charge is -2.16. The van der Waals surface area contributed by atoms with Gasteiger partial charge in [-0.1, -0.05) is 13.8 Å². The number of imidazole rings is 1. The first-order valence-electron chi connectivity index (χ1n) is 5.93. The third kappa shape index (κ3) is 1.93. The van der Waals surface area contributed by atoms with Crippen LogP contribution in [0.1, 0.15) is 49.8 Å². The van der Waals surface area contributed by atoms with Crippen LogP contribution in [0.3, 0.4) is 0 Å². The fourth-order valence-corrected chi connectivity index (χ4v) is 2.40. The number of aliphatic hydroxyl groups excluding tert-OH is 1. The van der Waals surface area contributed by atoms with E-state index in [0.29, 0.717) is 5.92 Å². The van der Waals surface area contributed by atoms with Gasteiger partial charge in [-0.2, -0.15) is 0 Å². The second-order valence-corrected chi connectivity index (χ2v) is 4.60. The molecule has 15 heavy (non-hydrogen) atoms. The van der Waals surface area contributed by atoms with Gasteiger partial charge >= 0.3 is 0 Å². The Labute approximate surface area is 91.1 Å². The Kier molecular flexibility index (Phi) is 3.10. The number of hydrogen-bond donors (Lipinski definition) is 1. The fourth-order valence-electron chi connectivity index (χ4n) is 2.40. The number of rotatable bonds is 3. The highest BCUT2D eigenvalue weighted by Gasteiger charge is 2.20. The van der Waals surface area contributed by atoms with Crippen LogP contribution in [-0.4, -0.2) is 21.3 Å². The zero-order valence-corrected chi connectivity index (χ0v) is 9.66. The van der Waals surface area contributed by atoms with Gasteiger partial charge in [-0.3, -0.25) is 0 Å². The second-order valence-electron chi connectivity index (χ2n) is 4.60. The molecule has 2 heterocycles. The van der Waals surface area contributed by atoms with E-state index in [1.54, 1.807) is 0 Å². The van der Waals surface area contributed by atoms with E-state index in [-0.39, 0.29) is 6.61 Å². The molecule has 0 fully saturated rings. The third-order valence-corrected chi connectivity index (χ3v) is 3.11. The lowest BCUT2D eigenvalue weighted by atomic mass is 10.1. The highest BCUT2D eigenvalue weighted by molar-refractivity contribution is 5.22. The van der Waals surface area contributed by atoms with E-state index in [9.17, 15) is 0 Å². The minimum atomic E-state index is 0.227. The van der Waals surface area contributed by atoms with Gasteiger partial charge in [0.2, 0.25) is 0 Å². The molecule has 1 aliphatic rings. The van der Waals surface area contributed by atoms with E-state index in [1.165, 1.54) is 30.1 Å². The molecule has 0 bridgehead atoms. The molecule has 0 unspecified atom stereocenters. The smallest absolute Gasteiger partial charge is 0.109 e. The van der Waals surface area contributed by atoms with Crippen LogP contribution in [0.2, 0.25) is 0 Å². The van der Waals surface area contributed by atoms with Crippen LogP contribution in [0.15, 0.2) is 0 Å². The number of aryl methyl sites for hydroxylation is 1. The standard InChI is InChI=1S/C12H20N2O/c1-9(2)12-10(6-8-15)14-7-4-3-5-11(14)13-12/h9,15H,3-8H2,1-2H3. The maximum atomic E-state index is 9.10. The van der Waals surface area contributed by atoms with Gasteiger partial charge < -0.3 is 9.67 Å². The molecule has 0 amide bonds. The molecule has 0 saturated carbocycles. The van der Waals surface area contributed by atoms with Crippen LogP contribution in [0.4, 0.5) is 0 Å². The highest BCUT2D eigenvalue weighted by Crippen LogP contribution is 2.25. The summed E-state index contributed by atoms with van der Waals surface area (Å²) in [5.41, 5.74) is 2.46. The van der Waals surface area contributed by atoms with E-state index in [0.717, 1.165) is 19.4 Å². The molecule has 84 valence electrons. The number of aliphatic hydroxyl groups is 1. The van der Waals surface area contributed by atoms with E-state index < -0.39 is 0 Å². The van der Waals surface area contributed by atoms with Gasteiger partial charge in [0.15, 0.2) is 0 Å². The first-order valence-corrected chi connectivity index (χ1v) is 5.93. The molecule has 0 spiro atoms. The Balaban J connectivity index is 2.41. The van der Waals surface area contributed by atoms with Crippen molar-refractivity contribution in [2.45, 2.75) is 52.0 Å². The van der Waals surface area contributed by atoms with Crippen LogP contribution < -0.4 is 0 Å². The van der Waals surface area contributed by atoms with Crippen molar-refractivity contribution in [3.63, 3.8) is 0 Å². The molecule has 3 heteroatoms. The average Bonchev–Trinajstić information content (AvgIpc) is 2.58. The molecule has 0 atom stereocenters. The quantitative estimate of drug-likeness (QED) is 0.823. The summed E-state index contributed by atoms with van der Waals surface area (Å²) in [5, 5.41) is 9.10. The first kappa shape index (κ1) is 10.7. The summed E-state index contributed by atoms with van der Waals surface area (Å²) in [7, 11) is 0. The molecule has 0 radical (unpaired) electrons. The maximum absolute atomic E-state index is 9.10. The molecular weight excluding hydrogens is 188 g/mol. The Bertz CT molecular complexity index is 342. The molecule has 0 aliphatic carbocycles. The zero-order chi connectivity index (χ0) is 10.8. The Morgan fingerprint density at radius 1 is 1.40 bits per heavy atom. The van der Waals surface area contributed by atoms with Crippen molar-refractivity contribution in [2.75, 3.05) is 6.61 Å². The maximum Gasteiger partial charge on any atom is 0.109 e. The average molecular weight is 208 g/mol. The summed E-state index contributed by atoms with van der Waals surface area (Å²) >= 11 is 0. The highest BCUT2D eigenvalue weighted by atomic mass is 16.3. The largest absolute Gasteiger partial charge is 0.396 e. The van der Waals surface area contributed by atoms with Crippen LogP contribution in [0.5, 0.6) is 0 Å². The summed E-state index contributed by atoms with van der Waals surface area (Å²) in [6.45, 7) is 5.67. The normalized spacial score (nSPS) is 15.7. The summed E-state index contributed by atoms with van der Waals surface area (Å²) in [6.07, 6.45) is 4.36. The van der Waals surface area contributed by atoms with Crippen molar-refractivity contribution >= 4 is 0 Å². The molecule has 0 saturated heterocycles. The minimum absolute atomic E-state index is 0.227. The molecule has 1 aromatic rings. The van der Waals surface area contributed by atoms with Crippen molar-refractivity contribution in [2.24, 2.45) is 0 Å². The van der Waals surface area contributed by atoms with E-state index in [2.05, 4.69) is 18.4 Å². The lowest BCUT2D eigenvalue weighted by Crippen LogP contribution is -2.14. The van der Waals surface area contributed by atoms with E-state index in [1.807, 2.05) is 0 Å². The number of hydrogen-bond acceptors (Lipinski definition) is 2. The van der Waals surface area contributed by atoms with Crippen molar-refractivity contribution in [3.05, 3.63) is 17.2 Å². The van der Waals surface area contributed by atoms with Crippen molar-refractivity contribution in [3.8, 4) is 0 Å². The number of aromatic nitrogens is 2. The summed E-state index contributed by atoms with van der Waals surface area (Å²) in [6, 6.07) is 0. The van der Waals surface area contributed by atoms with E-state index in [4.69, 9.17) is 10.1 Å².